The molecule has 0 aromatic rings. The Morgan fingerprint density at radius 3 is 1.78 bits per heavy atom. The van der Waals surface area contributed by atoms with Crippen LogP contribution in [0.15, 0.2) is 10.2 Å². The summed E-state index contributed by atoms with van der Waals surface area (Å²) in [6.45, 7) is 18.7. The lowest BCUT2D eigenvalue weighted by molar-refractivity contribution is -0.330. The molecule has 0 bridgehead atoms. The van der Waals surface area contributed by atoms with Crippen molar-refractivity contribution in [2.45, 2.75) is 136 Å². The van der Waals surface area contributed by atoms with Crippen LogP contribution in [0.4, 0.5) is 0 Å². The highest BCUT2D eigenvalue weighted by atomic mass is 16.7. The quantitative estimate of drug-likeness (QED) is 0.206. The third-order valence-corrected chi connectivity index (χ3v) is 9.18. The van der Waals surface area contributed by atoms with Gasteiger partial charge in [0.2, 0.25) is 0 Å². The minimum atomic E-state index is -0.627. The second kappa shape index (κ2) is 13.0. The van der Waals surface area contributed by atoms with Crippen LogP contribution in [0.25, 0.3) is 20.9 Å². The first-order chi connectivity index (χ1) is 17.6. The number of azide groups is 2. The second-order valence-corrected chi connectivity index (χ2v) is 11.3. The van der Waals surface area contributed by atoms with Gasteiger partial charge in [0.15, 0.2) is 12.6 Å². The lowest BCUT2D eigenvalue weighted by Gasteiger charge is -2.50. The Labute approximate surface area is 221 Å². The van der Waals surface area contributed by atoms with Crippen molar-refractivity contribution >= 4 is 0 Å². The van der Waals surface area contributed by atoms with Gasteiger partial charge < -0.3 is 23.7 Å². The summed E-state index contributed by atoms with van der Waals surface area (Å²) in [6.07, 6.45) is -0.468. The molecule has 3 saturated heterocycles. The van der Waals surface area contributed by atoms with Crippen LogP contribution >= 0.6 is 0 Å². The van der Waals surface area contributed by atoms with Crippen LogP contribution in [-0.2, 0) is 23.7 Å². The predicted molar refractivity (Wildman–Crippen MR) is 139 cm³/mol. The van der Waals surface area contributed by atoms with Gasteiger partial charge in [0.25, 0.3) is 0 Å². The molecule has 11 nitrogen and oxygen atoms in total. The zero-order valence-electron chi connectivity index (χ0n) is 23.8. The fourth-order valence-electron chi connectivity index (χ4n) is 6.35. The van der Waals surface area contributed by atoms with Gasteiger partial charge in [-0.25, -0.2) is 0 Å². The summed E-state index contributed by atoms with van der Waals surface area (Å²) in [5.41, 5.74) is 18.3. The predicted octanol–water partition coefficient (Wildman–Crippen LogP) is 6.37. The molecule has 3 heterocycles. The molecule has 0 radical (unpaired) electrons. The van der Waals surface area contributed by atoms with Gasteiger partial charge in [-0.2, -0.15) is 0 Å². The maximum absolute atomic E-state index is 9.21. The Bertz CT molecular complexity index is 851. The van der Waals surface area contributed by atoms with Crippen LogP contribution in [0.1, 0.15) is 75.2 Å². The molecule has 3 aliphatic heterocycles. The minimum absolute atomic E-state index is 0.0167. The molecule has 0 saturated carbocycles. The SMILES string of the molecule is CCC1O[C@@H](O[C@H]2C(C)O[C@@H](O[C@H]3C(CC)O[C@@H](C)C(N=[N+]=[N-])[C@H]3C)C(C)[C@H]2C)C(N=[N+]=[N-])[C@@H](C)[C@H]1C. The molecule has 0 aromatic carbocycles. The van der Waals surface area contributed by atoms with E-state index >= 15 is 0 Å². The molecule has 37 heavy (non-hydrogen) atoms. The van der Waals surface area contributed by atoms with Crippen molar-refractivity contribution in [3.8, 4) is 0 Å². The van der Waals surface area contributed by atoms with Gasteiger partial charge >= 0.3 is 0 Å². The normalized spacial score (nSPS) is 48.5. The third kappa shape index (κ3) is 6.19. The Morgan fingerprint density at radius 1 is 0.595 bits per heavy atom. The van der Waals surface area contributed by atoms with Crippen LogP contribution in [0.2, 0.25) is 0 Å². The molecule has 0 aliphatic carbocycles. The van der Waals surface area contributed by atoms with Crippen LogP contribution in [-0.4, -0.2) is 61.3 Å². The van der Waals surface area contributed by atoms with E-state index in [4.69, 9.17) is 29.2 Å². The van der Waals surface area contributed by atoms with Crippen LogP contribution < -0.4 is 0 Å². The van der Waals surface area contributed by atoms with Gasteiger partial charge in [-0.1, -0.05) is 58.7 Å². The second-order valence-electron chi connectivity index (χ2n) is 11.3. The molecule has 6 unspecified atom stereocenters. The number of hydrogen-bond acceptors (Lipinski definition) is 7. The first-order valence-electron chi connectivity index (χ1n) is 13.9. The fourth-order valence-corrected chi connectivity index (χ4v) is 6.35. The zero-order chi connectivity index (χ0) is 27.4. The first kappa shape index (κ1) is 30.0. The molecule has 3 aliphatic rings. The van der Waals surface area contributed by atoms with Gasteiger partial charge in [-0.3, -0.25) is 0 Å². The monoisotopic (exact) mass is 522 g/mol. The van der Waals surface area contributed by atoms with Gasteiger partial charge in [0.1, 0.15) is 0 Å². The molecule has 3 rings (SSSR count). The maximum Gasteiger partial charge on any atom is 0.167 e. The van der Waals surface area contributed by atoms with Crippen molar-refractivity contribution in [2.75, 3.05) is 0 Å². The molecule has 11 heteroatoms. The van der Waals surface area contributed by atoms with Crippen LogP contribution in [0.5, 0.6) is 0 Å². The number of ether oxygens (including phenoxy) is 5. The van der Waals surface area contributed by atoms with Crippen molar-refractivity contribution < 1.29 is 23.7 Å². The summed E-state index contributed by atoms with van der Waals surface area (Å²) in [4.78, 5) is 6.12. The van der Waals surface area contributed by atoms with Crippen molar-refractivity contribution in [2.24, 2.45) is 39.8 Å². The number of rotatable bonds is 8. The Kier molecular flexibility index (Phi) is 10.5. The highest BCUT2D eigenvalue weighted by molar-refractivity contribution is 4.95. The lowest BCUT2D eigenvalue weighted by Crippen LogP contribution is -2.58. The highest BCUT2D eigenvalue weighted by Crippen LogP contribution is 2.41. The smallest absolute Gasteiger partial charge is 0.167 e. The largest absolute Gasteiger partial charge is 0.372 e. The molecule has 0 aromatic heterocycles. The minimum Gasteiger partial charge on any atom is -0.372 e. The summed E-state index contributed by atoms with van der Waals surface area (Å²) >= 11 is 0. The van der Waals surface area contributed by atoms with Crippen molar-refractivity contribution in [1.29, 1.82) is 0 Å². The topological polar surface area (TPSA) is 144 Å². The summed E-state index contributed by atoms with van der Waals surface area (Å²) in [5, 5.41) is 8.06. The first-order valence-corrected chi connectivity index (χ1v) is 13.9. The van der Waals surface area contributed by atoms with Crippen LogP contribution in [0.3, 0.4) is 0 Å². The summed E-state index contributed by atoms with van der Waals surface area (Å²) in [7, 11) is 0. The molecule has 0 amide bonds. The highest BCUT2D eigenvalue weighted by Gasteiger charge is 2.49. The van der Waals surface area contributed by atoms with E-state index in [9.17, 15) is 5.53 Å². The Morgan fingerprint density at radius 2 is 1.19 bits per heavy atom. The summed E-state index contributed by atoms with van der Waals surface area (Å²) < 4.78 is 32.1. The number of nitrogens with zero attached hydrogens (tertiary/aromatic N) is 6. The van der Waals surface area contributed by atoms with Gasteiger partial charge in [0.05, 0.1) is 48.7 Å². The van der Waals surface area contributed by atoms with E-state index in [2.05, 4.69) is 68.5 Å². The van der Waals surface area contributed by atoms with Crippen molar-refractivity contribution in [3.63, 3.8) is 0 Å². The molecule has 3 fully saturated rings. The Balaban J connectivity index is 1.75. The number of hydrogen-bond donors (Lipinski definition) is 0. The van der Waals surface area contributed by atoms with E-state index in [1.165, 1.54) is 0 Å². The van der Waals surface area contributed by atoms with Crippen molar-refractivity contribution in [1.82, 2.24) is 0 Å². The zero-order valence-corrected chi connectivity index (χ0v) is 23.8. The van der Waals surface area contributed by atoms with Gasteiger partial charge in [-0.15, -0.1) is 0 Å². The average Bonchev–Trinajstić information content (AvgIpc) is 2.87. The summed E-state index contributed by atoms with van der Waals surface area (Å²) in [5.74, 6) is 0.481. The van der Waals surface area contributed by atoms with Gasteiger partial charge in [-0.05, 0) is 61.4 Å². The standard InChI is InChI=1S/C26H46N6O5/c1-10-19-12(3)13(4)22(30-32-28)26(35-19)36-23-14(5)15(6)25(34-18(23)9)37-24-16(7)21(29-31-27)17(8)33-20(24)11-2/h12-26H,10-11H2,1-9H3/t12-,13+,14-,15?,16-,17+,18?,19?,20?,21?,22?,23-,24-,25+,26+/m1/s1. The Hall–Kier alpha value is -1.58. The van der Waals surface area contributed by atoms with E-state index in [1.807, 2.05) is 13.8 Å². The molecule has 210 valence electrons. The van der Waals surface area contributed by atoms with Crippen LogP contribution in [0, 0.1) is 29.6 Å². The van der Waals surface area contributed by atoms with E-state index in [0.29, 0.717) is 0 Å². The molecule has 0 N–H and O–H groups in total. The van der Waals surface area contributed by atoms with Gasteiger partial charge in [0, 0.05) is 15.7 Å². The third-order valence-electron chi connectivity index (χ3n) is 9.18. The lowest BCUT2D eigenvalue weighted by atomic mass is 9.81. The molecule has 15 atom stereocenters. The van der Waals surface area contributed by atoms with Crippen molar-refractivity contribution in [3.05, 3.63) is 20.9 Å². The van der Waals surface area contributed by atoms with E-state index < -0.39 is 18.6 Å². The fraction of sp³-hybridized carbons (Fsp3) is 1.00. The van der Waals surface area contributed by atoms with E-state index in [0.717, 1.165) is 12.8 Å². The molecular formula is C26H46N6O5. The van der Waals surface area contributed by atoms with E-state index in [1.54, 1.807) is 0 Å². The molecule has 0 spiro atoms. The summed E-state index contributed by atoms with van der Waals surface area (Å²) in [6, 6.07) is -0.712. The maximum atomic E-state index is 9.21. The van der Waals surface area contributed by atoms with E-state index in [-0.39, 0.29) is 72.3 Å². The average molecular weight is 523 g/mol. The molecular weight excluding hydrogens is 476 g/mol.